The first-order valence-electron chi connectivity index (χ1n) is 7.31. The zero-order chi connectivity index (χ0) is 13.2. The average molecular weight is 259 g/mol. The van der Waals surface area contributed by atoms with Gasteiger partial charge in [0.15, 0.2) is 0 Å². The van der Waals surface area contributed by atoms with Crippen molar-refractivity contribution in [2.45, 2.75) is 44.6 Å². The van der Waals surface area contributed by atoms with Crippen LogP contribution in [0.1, 0.15) is 47.2 Å². The number of hydrogen-bond acceptors (Lipinski definition) is 2. The first-order chi connectivity index (χ1) is 9.28. The maximum Gasteiger partial charge on any atom is 0.251 e. The molecular weight excluding hydrogens is 238 g/mol. The highest BCUT2D eigenvalue weighted by Gasteiger charge is 2.32. The van der Waals surface area contributed by atoms with Crippen molar-refractivity contribution in [3.05, 3.63) is 34.9 Å². The van der Waals surface area contributed by atoms with E-state index in [2.05, 4.69) is 11.4 Å². The summed E-state index contributed by atoms with van der Waals surface area (Å²) in [6, 6.07) is 6.21. The van der Waals surface area contributed by atoms with Gasteiger partial charge in [0.25, 0.3) is 5.91 Å². The number of hydrogen-bond donors (Lipinski definition) is 2. The molecule has 2 aliphatic carbocycles. The van der Waals surface area contributed by atoms with E-state index in [0.717, 1.165) is 18.4 Å². The molecule has 1 aromatic carbocycles. The third kappa shape index (κ3) is 2.81. The van der Waals surface area contributed by atoms with Gasteiger partial charge in [-0.3, -0.25) is 4.79 Å². The Kier molecular flexibility index (Phi) is 3.56. The Bertz CT molecular complexity index is 480. The van der Waals surface area contributed by atoms with E-state index < -0.39 is 0 Å². The monoisotopic (exact) mass is 259 g/mol. The summed E-state index contributed by atoms with van der Waals surface area (Å²) in [5.74, 6) is 0.588. The Morgan fingerprint density at radius 1 is 1.32 bits per heavy atom. The van der Waals surface area contributed by atoms with Crippen LogP contribution in [0.5, 0.6) is 0 Å². The summed E-state index contributed by atoms with van der Waals surface area (Å²) in [4.78, 5) is 12.3. The first-order valence-corrected chi connectivity index (χ1v) is 7.31. The van der Waals surface area contributed by atoms with Crippen LogP contribution in [0, 0.1) is 5.92 Å². The number of nitrogens with one attached hydrogen (secondary N) is 1. The van der Waals surface area contributed by atoms with Crippen LogP contribution in [0.25, 0.3) is 0 Å². The third-order valence-corrected chi connectivity index (χ3v) is 4.31. The van der Waals surface area contributed by atoms with E-state index in [1.54, 1.807) is 0 Å². The highest BCUT2D eigenvalue weighted by atomic mass is 16.3. The molecule has 3 heteroatoms. The van der Waals surface area contributed by atoms with E-state index in [1.165, 1.54) is 30.4 Å². The SMILES string of the molecule is O=C(NC(CCO)C1CC1)c1ccc2c(c1)CCC2. The Hall–Kier alpha value is -1.35. The quantitative estimate of drug-likeness (QED) is 0.850. The Balaban J connectivity index is 1.69. The Morgan fingerprint density at radius 3 is 2.84 bits per heavy atom. The van der Waals surface area contributed by atoms with Crippen LogP contribution in [0.3, 0.4) is 0 Å². The molecule has 1 saturated carbocycles. The van der Waals surface area contributed by atoms with Crippen molar-refractivity contribution >= 4 is 5.91 Å². The van der Waals surface area contributed by atoms with Gasteiger partial charge < -0.3 is 10.4 Å². The van der Waals surface area contributed by atoms with Gasteiger partial charge in [-0.2, -0.15) is 0 Å². The molecule has 19 heavy (non-hydrogen) atoms. The summed E-state index contributed by atoms with van der Waals surface area (Å²) >= 11 is 0. The van der Waals surface area contributed by atoms with Gasteiger partial charge in [0.2, 0.25) is 0 Å². The first kappa shape index (κ1) is 12.7. The van der Waals surface area contributed by atoms with Crippen molar-refractivity contribution in [3.63, 3.8) is 0 Å². The number of carbonyl (C=O) groups excluding carboxylic acids is 1. The number of amides is 1. The molecule has 1 unspecified atom stereocenters. The highest BCUT2D eigenvalue weighted by molar-refractivity contribution is 5.94. The maximum absolute atomic E-state index is 12.3. The fraction of sp³-hybridized carbons (Fsp3) is 0.562. The summed E-state index contributed by atoms with van der Waals surface area (Å²) in [5, 5.41) is 12.2. The normalized spacial score (nSPS) is 19.0. The summed E-state index contributed by atoms with van der Waals surface area (Å²) in [5.41, 5.74) is 3.49. The molecule has 1 aromatic rings. The molecule has 0 bridgehead atoms. The van der Waals surface area contributed by atoms with Crippen molar-refractivity contribution in [2.75, 3.05) is 6.61 Å². The van der Waals surface area contributed by atoms with E-state index in [0.29, 0.717) is 12.3 Å². The maximum atomic E-state index is 12.3. The lowest BCUT2D eigenvalue weighted by Crippen LogP contribution is -2.37. The average Bonchev–Trinajstić information content (AvgIpc) is 3.15. The van der Waals surface area contributed by atoms with Gasteiger partial charge in [-0.05, 0) is 67.7 Å². The minimum Gasteiger partial charge on any atom is -0.396 e. The summed E-state index contributed by atoms with van der Waals surface area (Å²) in [6.07, 6.45) is 6.47. The second kappa shape index (κ2) is 5.33. The minimum absolute atomic E-state index is 0.0139. The van der Waals surface area contributed by atoms with Gasteiger partial charge >= 0.3 is 0 Å². The van der Waals surface area contributed by atoms with E-state index in [9.17, 15) is 4.79 Å². The van der Waals surface area contributed by atoms with Gasteiger partial charge in [-0.15, -0.1) is 0 Å². The molecule has 2 N–H and O–H groups in total. The summed E-state index contributed by atoms with van der Waals surface area (Å²) in [7, 11) is 0. The predicted octanol–water partition coefficient (Wildman–Crippen LogP) is 2.07. The summed E-state index contributed by atoms with van der Waals surface area (Å²) < 4.78 is 0. The van der Waals surface area contributed by atoms with Crippen LogP contribution < -0.4 is 5.32 Å². The predicted molar refractivity (Wildman–Crippen MR) is 74.1 cm³/mol. The van der Waals surface area contributed by atoms with Crippen LogP contribution in [-0.2, 0) is 12.8 Å². The zero-order valence-electron chi connectivity index (χ0n) is 11.2. The molecule has 1 amide bonds. The van der Waals surface area contributed by atoms with Crippen molar-refractivity contribution in [3.8, 4) is 0 Å². The number of aryl methyl sites for hydroxylation is 2. The minimum atomic E-state index is 0.0139. The highest BCUT2D eigenvalue weighted by Crippen LogP contribution is 2.34. The molecule has 0 spiro atoms. The molecule has 0 heterocycles. The van der Waals surface area contributed by atoms with Crippen LogP contribution in [0.2, 0.25) is 0 Å². The van der Waals surface area contributed by atoms with Crippen molar-refractivity contribution < 1.29 is 9.90 Å². The van der Waals surface area contributed by atoms with Crippen LogP contribution in [0.15, 0.2) is 18.2 Å². The molecule has 3 nitrogen and oxygen atoms in total. The molecule has 0 radical (unpaired) electrons. The molecule has 102 valence electrons. The van der Waals surface area contributed by atoms with E-state index in [-0.39, 0.29) is 18.6 Å². The number of aliphatic hydroxyl groups is 1. The van der Waals surface area contributed by atoms with Crippen molar-refractivity contribution in [1.82, 2.24) is 5.32 Å². The Labute approximate surface area is 114 Å². The van der Waals surface area contributed by atoms with Crippen LogP contribution in [-0.4, -0.2) is 23.7 Å². The molecule has 0 saturated heterocycles. The molecule has 0 aromatic heterocycles. The topological polar surface area (TPSA) is 49.3 Å². The number of aliphatic hydroxyl groups excluding tert-OH is 1. The third-order valence-electron chi connectivity index (χ3n) is 4.31. The zero-order valence-corrected chi connectivity index (χ0v) is 11.2. The van der Waals surface area contributed by atoms with E-state index in [4.69, 9.17) is 5.11 Å². The van der Waals surface area contributed by atoms with E-state index >= 15 is 0 Å². The van der Waals surface area contributed by atoms with Gasteiger partial charge in [0.05, 0.1) is 0 Å². The number of carbonyl (C=O) groups is 1. The molecule has 1 fully saturated rings. The lowest BCUT2D eigenvalue weighted by molar-refractivity contribution is 0.0924. The lowest BCUT2D eigenvalue weighted by atomic mass is 10.0. The van der Waals surface area contributed by atoms with E-state index in [1.807, 2.05) is 12.1 Å². The van der Waals surface area contributed by atoms with Crippen molar-refractivity contribution in [2.24, 2.45) is 5.92 Å². The Morgan fingerprint density at radius 2 is 2.11 bits per heavy atom. The van der Waals surface area contributed by atoms with Gasteiger partial charge in [0, 0.05) is 18.2 Å². The number of fused-ring (bicyclic) bond motifs is 1. The van der Waals surface area contributed by atoms with Gasteiger partial charge in [-0.1, -0.05) is 6.07 Å². The van der Waals surface area contributed by atoms with Crippen LogP contribution >= 0.6 is 0 Å². The fourth-order valence-corrected chi connectivity index (χ4v) is 3.03. The standard InChI is InChI=1S/C16H21NO2/c18-9-8-15(12-5-6-12)17-16(19)14-7-4-11-2-1-3-13(11)10-14/h4,7,10,12,15,18H,1-3,5-6,8-9H2,(H,17,19). The lowest BCUT2D eigenvalue weighted by Gasteiger charge is -2.17. The molecule has 2 aliphatic rings. The second-order valence-electron chi connectivity index (χ2n) is 5.77. The molecule has 0 aliphatic heterocycles. The van der Waals surface area contributed by atoms with Crippen molar-refractivity contribution in [1.29, 1.82) is 0 Å². The largest absolute Gasteiger partial charge is 0.396 e. The number of rotatable bonds is 5. The smallest absolute Gasteiger partial charge is 0.251 e. The molecule has 1 atom stereocenters. The molecule has 3 rings (SSSR count). The summed E-state index contributed by atoms with van der Waals surface area (Å²) in [6.45, 7) is 0.144. The van der Waals surface area contributed by atoms with Gasteiger partial charge in [-0.25, -0.2) is 0 Å². The number of benzene rings is 1. The molecular formula is C16H21NO2. The van der Waals surface area contributed by atoms with Gasteiger partial charge in [0.1, 0.15) is 0 Å². The van der Waals surface area contributed by atoms with Crippen LogP contribution in [0.4, 0.5) is 0 Å². The fourth-order valence-electron chi connectivity index (χ4n) is 3.03. The second-order valence-corrected chi connectivity index (χ2v) is 5.77.